The number of amides is 1. The molecule has 1 atom stereocenters. The number of hydrogen-bond donors (Lipinski definition) is 3. The fraction of sp³-hybridized carbons (Fsp3) is 0.176. The number of aromatic carboxylic acids is 3. The van der Waals surface area contributed by atoms with Gasteiger partial charge in [0.15, 0.2) is 0 Å². The third-order valence-corrected chi connectivity index (χ3v) is 7.58. The van der Waals surface area contributed by atoms with Crippen LogP contribution in [-0.4, -0.2) is 44.0 Å². The highest BCUT2D eigenvalue weighted by atomic mass is 16.5. The molecule has 5 rings (SSSR count). The van der Waals surface area contributed by atoms with Gasteiger partial charge < -0.3 is 25.0 Å². The van der Waals surface area contributed by atoms with Crippen molar-refractivity contribution < 1.29 is 39.2 Å². The van der Waals surface area contributed by atoms with Crippen LogP contribution in [0.1, 0.15) is 82.6 Å². The van der Waals surface area contributed by atoms with Gasteiger partial charge in [-0.3, -0.25) is 4.79 Å². The van der Waals surface area contributed by atoms with Gasteiger partial charge in [0.25, 0.3) is 5.91 Å². The van der Waals surface area contributed by atoms with Crippen LogP contribution in [0, 0.1) is 6.92 Å². The molecule has 0 heterocycles. The van der Waals surface area contributed by atoms with Crippen LogP contribution in [0.15, 0.2) is 84.9 Å². The summed E-state index contributed by atoms with van der Waals surface area (Å²) < 4.78 is 6.02. The predicted molar refractivity (Wildman–Crippen MR) is 157 cm³/mol. The summed E-state index contributed by atoms with van der Waals surface area (Å²) in [6.45, 7) is 1.95. The largest absolute Gasteiger partial charge is 0.478 e. The van der Waals surface area contributed by atoms with E-state index in [0.29, 0.717) is 23.5 Å². The molecular weight excluding hydrogens is 550 g/mol. The molecule has 0 unspecified atom stereocenters. The van der Waals surface area contributed by atoms with Gasteiger partial charge in [-0.25, -0.2) is 14.4 Å². The molecule has 3 N–H and O–H groups in total. The first kappa shape index (κ1) is 29.1. The van der Waals surface area contributed by atoms with Crippen LogP contribution in [0.3, 0.4) is 0 Å². The van der Waals surface area contributed by atoms with E-state index in [-0.39, 0.29) is 6.54 Å². The summed E-state index contributed by atoms with van der Waals surface area (Å²) in [5.41, 5.74) is 0.858. The Labute approximate surface area is 247 Å². The summed E-state index contributed by atoms with van der Waals surface area (Å²) in [5.74, 6) is -4.58. The van der Waals surface area contributed by atoms with Crippen molar-refractivity contribution in [2.75, 3.05) is 0 Å². The highest BCUT2D eigenvalue weighted by Gasteiger charge is 2.36. The van der Waals surface area contributed by atoms with Gasteiger partial charge in [-0.2, -0.15) is 0 Å². The van der Waals surface area contributed by atoms with E-state index >= 15 is 0 Å². The summed E-state index contributed by atoms with van der Waals surface area (Å²) in [6, 6.07) is 23.6. The second-order valence-corrected chi connectivity index (χ2v) is 10.4. The van der Waals surface area contributed by atoms with Crippen LogP contribution >= 0.6 is 0 Å². The fourth-order valence-corrected chi connectivity index (χ4v) is 5.57. The number of hydrogen-bond acceptors (Lipinski definition) is 5. The molecule has 1 amide bonds. The second kappa shape index (κ2) is 12.2. The zero-order chi connectivity index (χ0) is 30.7. The monoisotopic (exact) mass is 579 g/mol. The van der Waals surface area contributed by atoms with E-state index in [2.05, 4.69) is 0 Å². The number of carboxylic acids is 3. The van der Waals surface area contributed by atoms with Crippen LogP contribution in [0.5, 0.6) is 11.5 Å². The number of carboxylic acid groups (broad SMARTS) is 3. The van der Waals surface area contributed by atoms with Crippen molar-refractivity contribution in [2.24, 2.45) is 0 Å². The molecule has 0 aliphatic heterocycles. The number of carbonyl (C=O) groups excluding carboxylic acids is 1. The van der Waals surface area contributed by atoms with Crippen molar-refractivity contribution in [1.82, 2.24) is 4.90 Å². The van der Waals surface area contributed by atoms with E-state index in [1.54, 1.807) is 24.3 Å². The minimum absolute atomic E-state index is 0.0155. The number of carbonyl (C=O) groups is 4. The second-order valence-electron chi connectivity index (χ2n) is 10.4. The molecule has 1 aliphatic rings. The minimum atomic E-state index is -1.71. The quantitative estimate of drug-likeness (QED) is 0.201. The Kier molecular flexibility index (Phi) is 8.25. The first-order valence-electron chi connectivity index (χ1n) is 13.7. The van der Waals surface area contributed by atoms with Gasteiger partial charge in [0, 0.05) is 6.54 Å². The van der Waals surface area contributed by atoms with Gasteiger partial charge >= 0.3 is 17.9 Å². The normalized spacial score (nSPS) is 13.9. The summed E-state index contributed by atoms with van der Waals surface area (Å²) in [7, 11) is 0. The number of fused-ring (bicyclic) bond motifs is 1. The Balaban J connectivity index is 1.63. The van der Waals surface area contributed by atoms with Crippen molar-refractivity contribution >= 4 is 23.8 Å². The van der Waals surface area contributed by atoms with Crippen LogP contribution in [0.4, 0.5) is 0 Å². The van der Waals surface area contributed by atoms with Crippen molar-refractivity contribution in [1.29, 1.82) is 0 Å². The lowest BCUT2D eigenvalue weighted by molar-refractivity contribution is 0.0594. The molecule has 0 fully saturated rings. The highest BCUT2D eigenvalue weighted by molar-refractivity contribution is 6.15. The maximum atomic E-state index is 14.5. The lowest BCUT2D eigenvalue weighted by Crippen LogP contribution is -2.38. The molecule has 9 nitrogen and oxygen atoms in total. The summed E-state index contributed by atoms with van der Waals surface area (Å²) in [6.07, 6.45) is 2.09. The number of rotatable bonds is 9. The van der Waals surface area contributed by atoms with Gasteiger partial charge in [0.2, 0.25) is 0 Å². The third-order valence-electron chi connectivity index (χ3n) is 7.58. The Morgan fingerprint density at radius 2 is 1.44 bits per heavy atom. The van der Waals surface area contributed by atoms with E-state index in [4.69, 9.17) is 4.74 Å². The fourth-order valence-electron chi connectivity index (χ4n) is 5.57. The van der Waals surface area contributed by atoms with E-state index in [1.807, 2.05) is 55.5 Å². The maximum Gasteiger partial charge on any atom is 0.337 e. The maximum absolute atomic E-state index is 14.5. The molecule has 9 heteroatoms. The Bertz CT molecular complexity index is 1730. The standard InChI is InChI=1S/C34H29NO8/c1-20-12-14-23(15-13-20)43-24-9-4-6-21(18-24)19-35(28-11-5-8-22-7-2-3-10-25(22)28)31(36)29-26(32(37)38)16-17-27(33(39)40)30(29)34(41)42/h2-4,6-7,9-10,12-18,28H,5,8,11,19H2,1H3,(H,37,38)(H,39,40)(H,41,42)/t28-/m0/s1. The first-order valence-corrected chi connectivity index (χ1v) is 13.7. The van der Waals surface area contributed by atoms with Crippen LogP contribution in [0.25, 0.3) is 0 Å². The van der Waals surface area contributed by atoms with Gasteiger partial charge in [-0.1, -0.05) is 54.1 Å². The highest BCUT2D eigenvalue weighted by Crippen LogP contribution is 2.37. The number of benzene rings is 4. The van der Waals surface area contributed by atoms with Crippen LogP contribution < -0.4 is 4.74 Å². The average molecular weight is 580 g/mol. The molecule has 0 bridgehead atoms. The van der Waals surface area contributed by atoms with Gasteiger partial charge in [-0.15, -0.1) is 0 Å². The lowest BCUT2D eigenvalue weighted by atomic mass is 9.85. The zero-order valence-corrected chi connectivity index (χ0v) is 23.3. The summed E-state index contributed by atoms with van der Waals surface area (Å²) in [5, 5.41) is 29.7. The van der Waals surface area contributed by atoms with Crippen molar-refractivity contribution in [3.63, 3.8) is 0 Å². The molecule has 43 heavy (non-hydrogen) atoms. The molecule has 4 aromatic rings. The topological polar surface area (TPSA) is 141 Å². The molecule has 1 aliphatic carbocycles. The summed E-state index contributed by atoms with van der Waals surface area (Å²) >= 11 is 0. The van der Waals surface area contributed by atoms with Crippen LogP contribution in [0.2, 0.25) is 0 Å². The van der Waals surface area contributed by atoms with Crippen LogP contribution in [-0.2, 0) is 13.0 Å². The Morgan fingerprint density at radius 3 is 2.12 bits per heavy atom. The molecule has 0 saturated heterocycles. The smallest absolute Gasteiger partial charge is 0.337 e. The van der Waals surface area contributed by atoms with Gasteiger partial charge in [0.05, 0.1) is 28.3 Å². The number of nitrogens with zero attached hydrogens (tertiary/aromatic N) is 1. The van der Waals surface area contributed by atoms with Gasteiger partial charge in [-0.05, 0) is 79.3 Å². The molecule has 218 valence electrons. The molecule has 0 aromatic heterocycles. The molecular formula is C34H29NO8. The van der Waals surface area contributed by atoms with Crippen molar-refractivity contribution in [3.8, 4) is 11.5 Å². The SMILES string of the molecule is Cc1ccc(Oc2cccc(CN(C(=O)c3c(C(=O)O)ccc(C(=O)O)c3C(=O)O)[C@H]3CCCc4ccccc43)c2)cc1. The lowest BCUT2D eigenvalue weighted by Gasteiger charge is -2.37. The third kappa shape index (κ3) is 6.11. The summed E-state index contributed by atoms with van der Waals surface area (Å²) in [4.78, 5) is 52.5. The Morgan fingerprint density at radius 1 is 0.767 bits per heavy atom. The molecule has 0 radical (unpaired) electrons. The Hall–Kier alpha value is -5.44. The predicted octanol–water partition coefficient (Wildman–Crippen LogP) is 6.60. The minimum Gasteiger partial charge on any atom is -0.478 e. The van der Waals surface area contributed by atoms with E-state index in [1.165, 1.54) is 4.90 Å². The van der Waals surface area contributed by atoms with E-state index < -0.39 is 52.1 Å². The van der Waals surface area contributed by atoms with E-state index in [9.17, 15) is 34.5 Å². The zero-order valence-electron chi connectivity index (χ0n) is 23.3. The first-order chi connectivity index (χ1) is 20.6. The molecule has 0 spiro atoms. The van der Waals surface area contributed by atoms with Gasteiger partial charge in [0.1, 0.15) is 11.5 Å². The number of ether oxygens (including phenoxy) is 1. The molecule has 0 saturated carbocycles. The van der Waals surface area contributed by atoms with E-state index in [0.717, 1.165) is 41.7 Å². The van der Waals surface area contributed by atoms with Crippen molar-refractivity contribution in [2.45, 2.75) is 38.8 Å². The molecule has 4 aromatic carbocycles. The van der Waals surface area contributed by atoms with Crippen molar-refractivity contribution in [3.05, 3.63) is 129 Å². The number of aryl methyl sites for hydroxylation is 2. The average Bonchev–Trinajstić information content (AvgIpc) is 2.99.